The number of ether oxygens (including phenoxy) is 1. The molecule has 2 heterocycles. The van der Waals surface area contributed by atoms with Crippen molar-refractivity contribution in [3.8, 4) is 0 Å². The van der Waals surface area contributed by atoms with E-state index in [1.807, 2.05) is 4.72 Å². The Hall–Kier alpha value is -6.05. The largest absolute Gasteiger partial charge is 0.478 e. The predicted molar refractivity (Wildman–Crippen MR) is 245 cm³/mol. The van der Waals surface area contributed by atoms with Gasteiger partial charge in [0.2, 0.25) is 11.6 Å². The van der Waals surface area contributed by atoms with E-state index in [2.05, 4.69) is 9.97 Å². The van der Waals surface area contributed by atoms with Crippen LogP contribution >= 0.6 is 58.8 Å². The normalized spacial score (nSPS) is 11.6. The summed E-state index contributed by atoms with van der Waals surface area (Å²) >= 11 is 23.0. The van der Waals surface area contributed by atoms with Gasteiger partial charge in [-0.3, -0.25) is 14.3 Å². The van der Waals surface area contributed by atoms with Crippen LogP contribution in [0.25, 0.3) is 0 Å². The molecule has 2 aromatic heterocycles. The van der Waals surface area contributed by atoms with Crippen molar-refractivity contribution in [1.82, 2.24) is 9.97 Å². The molecule has 6 aromatic rings. The number of carboxylic acid groups (broad SMARTS) is 2. The van der Waals surface area contributed by atoms with Gasteiger partial charge in [0, 0.05) is 30.6 Å². The number of hydrogen-bond acceptors (Lipinski definition) is 11. The van der Waals surface area contributed by atoms with Crippen molar-refractivity contribution in [3.05, 3.63) is 174 Å². The number of pyridine rings is 2. The van der Waals surface area contributed by atoms with Crippen LogP contribution in [0, 0.1) is 0 Å². The molecule has 6 rings (SSSR count). The van der Waals surface area contributed by atoms with Gasteiger partial charge in [0.25, 0.3) is 20.0 Å². The molecule has 0 aliphatic rings. The molecule has 0 fully saturated rings. The number of carbonyl (C=O) groups is 4. The topological polar surface area (TPSA) is 227 Å². The first-order chi connectivity index (χ1) is 32.1. The molecule has 3 N–H and O–H groups in total. The lowest BCUT2D eigenvalue weighted by Crippen LogP contribution is -2.34. The summed E-state index contributed by atoms with van der Waals surface area (Å²) in [4.78, 5) is 55.4. The molecule has 0 spiro atoms. The molecule has 70 heavy (non-hydrogen) atoms. The Morgan fingerprint density at radius 3 is 1.50 bits per heavy atom. The maximum Gasteiger partial charge on any atom is 0.417 e. The zero-order valence-corrected chi connectivity index (χ0v) is 40.0. The van der Waals surface area contributed by atoms with Crippen molar-refractivity contribution in [3.63, 3.8) is 0 Å². The van der Waals surface area contributed by atoms with E-state index in [1.165, 1.54) is 48.5 Å². The molecule has 0 radical (unpaired) electrons. The lowest BCUT2D eigenvalue weighted by molar-refractivity contribution is -0.138. The van der Waals surface area contributed by atoms with E-state index in [1.54, 1.807) is 0 Å². The van der Waals surface area contributed by atoms with Crippen molar-refractivity contribution in [2.24, 2.45) is 0 Å². The van der Waals surface area contributed by atoms with E-state index in [0.717, 1.165) is 55.9 Å². The number of carboxylic acids is 2. The Morgan fingerprint density at radius 1 is 0.629 bits per heavy atom. The summed E-state index contributed by atoms with van der Waals surface area (Å²) in [5.74, 6) is -4.75. The van der Waals surface area contributed by atoms with Crippen LogP contribution in [0.15, 0.2) is 119 Å². The molecule has 0 amide bonds. The fourth-order valence-corrected chi connectivity index (χ4v) is 9.22. The first-order valence-corrected chi connectivity index (χ1v) is 22.9. The van der Waals surface area contributed by atoms with Gasteiger partial charge in [0.05, 0.1) is 63.5 Å². The third-order valence-electron chi connectivity index (χ3n) is 9.07. The first-order valence-electron chi connectivity index (χ1n) is 18.4. The minimum atomic E-state index is -4.95. The monoisotopic (exact) mass is 1120 g/mol. The molecule has 0 aliphatic heterocycles. The Kier molecular flexibility index (Phi) is 18.1. The van der Waals surface area contributed by atoms with Crippen LogP contribution in [-0.2, 0) is 37.1 Å². The number of anilines is 2. The molecule has 0 bridgehead atoms. The Balaban J connectivity index is 0.000000301. The minimum absolute atomic E-state index is 0. The van der Waals surface area contributed by atoms with Crippen molar-refractivity contribution in [2.75, 3.05) is 22.9 Å². The second kappa shape index (κ2) is 22.4. The van der Waals surface area contributed by atoms with Gasteiger partial charge in [0.1, 0.15) is 18.1 Å². The van der Waals surface area contributed by atoms with Gasteiger partial charge in [-0.25, -0.2) is 40.7 Å². The molecule has 370 valence electrons. The smallest absolute Gasteiger partial charge is 0.417 e. The number of ketones is 2. The number of benzene rings is 4. The lowest BCUT2D eigenvalue weighted by Gasteiger charge is -2.25. The molecule has 0 unspecified atom stereocenters. The summed E-state index contributed by atoms with van der Waals surface area (Å²) in [5.41, 5.74) is -6.04. The zero-order valence-electron chi connectivity index (χ0n) is 34.5. The summed E-state index contributed by atoms with van der Waals surface area (Å²) in [7, 11) is -8.37. The molecule has 0 aliphatic carbocycles. The highest BCUT2D eigenvalue weighted by Gasteiger charge is 2.38. The van der Waals surface area contributed by atoms with Crippen LogP contribution in [0.2, 0.25) is 20.1 Å². The predicted octanol–water partition coefficient (Wildman–Crippen LogP) is 10.7. The molecule has 28 heteroatoms. The van der Waals surface area contributed by atoms with E-state index in [4.69, 9.17) is 51.1 Å². The van der Waals surface area contributed by atoms with Crippen molar-refractivity contribution in [2.45, 2.75) is 22.1 Å². The highest BCUT2D eigenvalue weighted by molar-refractivity contribution is 7.93. The van der Waals surface area contributed by atoms with Crippen molar-refractivity contribution >= 4 is 114 Å². The van der Waals surface area contributed by atoms with Crippen LogP contribution < -0.4 is 9.03 Å². The molecule has 0 saturated heterocycles. The van der Waals surface area contributed by atoms with Gasteiger partial charge in [-0.1, -0.05) is 82.8 Å². The summed E-state index contributed by atoms with van der Waals surface area (Å²) in [6.07, 6.45) is -7.81. The number of aromatic nitrogens is 2. The minimum Gasteiger partial charge on any atom is -0.478 e. The summed E-state index contributed by atoms with van der Waals surface area (Å²) < 4.78 is 139. The Labute approximate surface area is 418 Å². The van der Waals surface area contributed by atoms with E-state index >= 15 is 0 Å². The van der Waals surface area contributed by atoms with Crippen molar-refractivity contribution < 1.29 is 77.3 Å². The number of carbonyl (C=O) groups excluding carboxylic acids is 2. The van der Waals surface area contributed by atoms with E-state index in [9.17, 15) is 72.6 Å². The highest BCUT2D eigenvalue weighted by atomic mass is 35.5. The number of halogens is 11. The third-order valence-corrected chi connectivity index (χ3v) is 13.2. The van der Waals surface area contributed by atoms with Crippen LogP contribution in [0.3, 0.4) is 0 Å². The third kappa shape index (κ3) is 12.8. The van der Waals surface area contributed by atoms with Gasteiger partial charge in [0.15, 0.2) is 0 Å². The van der Waals surface area contributed by atoms with Crippen LogP contribution in [-0.4, -0.2) is 74.4 Å². The lowest BCUT2D eigenvalue weighted by atomic mass is 10.0. The number of nitrogens with one attached hydrogen (secondary N) is 1. The Morgan fingerprint density at radius 2 is 1.04 bits per heavy atom. The van der Waals surface area contributed by atoms with Gasteiger partial charge < -0.3 is 14.9 Å². The maximum atomic E-state index is 13.5. The van der Waals surface area contributed by atoms with Gasteiger partial charge in [-0.2, -0.15) is 26.3 Å². The first kappa shape index (κ1) is 56.5. The molecule has 0 saturated carbocycles. The van der Waals surface area contributed by atoms with Crippen LogP contribution in [0.4, 0.5) is 37.7 Å². The number of nitrogens with zero attached hydrogens (tertiary/aromatic N) is 3. The highest BCUT2D eigenvalue weighted by Crippen LogP contribution is 2.39. The summed E-state index contributed by atoms with van der Waals surface area (Å²) in [6, 6.07) is 16.3. The van der Waals surface area contributed by atoms with E-state index in [-0.39, 0.29) is 44.7 Å². The molecule has 15 nitrogen and oxygen atoms in total. The fraction of sp³-hybridized carbons (Fsp3) is 0.0952. The number of rotatable bonds is 14. The summed E-state index contributed by atoms with van der Waals surface area (Å²) in [5, 5.41) is 17.1. The number of aromatic carboxylic acids is 2. The maximum absolute atomic E-state index is 13.5. The standard InChI is InChI=1S/C22H15Cl2F3N2O6S.C20H11Cl2F3N2O5S.ClH/c1-35-11-29(36(33,34)13-6-7-17(24)16(9-13)22(25,26)27)18-8-12(23)10-28-19(18)20(30)14-4-2-3-5-15(14)21(31)32;21-10-7-16(17(26-9-10)18(28)12-3-1-2-4-13(12)19(29)30)27-33(31,32)11-5-6-15(22)14(8-11)20(23,24)25;/h2-10H,11H2,1H3,(H,31,32);1-9,27H,(H,29,30);1H. The van der Waals surface area contributed by atoms with Crippen LogP contribution in [0.5, 0.6) is 0 Å². The summed E-state index contributed by atoms with van der Waals surface area (Å²) in [6.45, 7) is -0.755. The van der Waals surface area contributed by atoms with Gasteiger partial charge in [-0.05, 0) is 60.7 Å². The van der Waals surface area contributed by atoms with Crippen LogP contribution in [0.1, 0.15) is 63.9 Å². The SMILES string of the molecule is COCN(c1cc(Cl)cnc1C(=O)c1ccccc1C(=O)O)S(=O)(=O)c1ccc(Cl)c(C(F)(F)F)c1.Cl.O=C(O)c1ccccc1C(=O)c1ncc(Cl)cc1NS(=O)(=O)c1ccc(Cl)c(C(F)(F)F)c1. The molecule has 4 aromatic carbocycles. The second-order valence-electron chi connectivity index (χ2n) is 13.6. The average Bonchev–Trinajstić information content (AvgIpc) is 3.27. The Bertz CT molecular complexity index is 3260. The van der Waals surface area contributed by atoms with Gasteiger partial charge in [-0.15, -0.1) is 12.4 Å². The number of hydrogen-bond donors (Lipinski definition) is 3. The van der Waals surface area contributed by atoms with Crippen molar-refractivity contribution in [1.29, 1.82) is 0 Å². The fourth-order valence-electron chi connectivity index (χ4n) is 5.97. The molecular formula is C42H27Cl5F6N4O11S2. The molecule has 0 atom stereocenters. The quantitative estimate of drug-likeness (QED) is 0.0525. The number of sulfonamides is 2. The number of methoxy groups -OCH3 is 1. The average molecular weight is 1120 g/mol. The van der Waals surface area contributed by atoms with E-state index in [0.29, 0.717) is 16.4 Å². The number of alkyl halides is 6. The van der Waals surface area contributed by atoms with E-state index < -0.39 is 116 Å². The second-order valence-corrected chi connectivity index (χ2v) is 18.8. The zero-order chi connectivity index (χ0) is 51.4. The molecular weight excluding hydrogens is 1090 g/mol. The van der Waals surface area contributed by atoms with Gasteiger partial charge >= 0.3 is 24.3 Å².